The Morgan fingerprint density at radius 2 is 1.67 bits per heavy atom. The summed E-state index contributed by atoms with van der Waals surface area (Å²) in [6.45, 7) is -0.152. The van der Waals surface area contributed by atoms with Gasteiger partial charge in [0, 0.05) is 11.3 Å². The standard InChI is InChI=1S/C20H16FNO2/c21-16-9-6-10-17(13-16)22-20(23)14-24-19-12-5-4-11-18(19)15-7-2-1-3-8-15/h1-13H,14H2,(H,22,23). The van der Waals surface area contributed by atoms with Crippen LogP contribution < -0.4 is 10.1 Å². The Kier molecular flexibility index (Phi) is 4.87. The second-order valence-electron chi connectivity index (χ2n) is 5.21. The van der Waals surface area contributed by atoms with E-state index in [0.717, 1.165) is 11.1 Å². The fraction of sp³-hybridized carbons (Fsp3) is 0.0500. The molecule has 0 spiro atoms. The Hall–Kier alpha value is -3.14. The number of nitrogens with one attached hydrogen (secondary N) is 1. The summed E-state index contributed by atoms with van der Waals surface area (Å²) in [5, 5.41) is 2.61. The topological polar surface area (TPSA) is 38.3 Å². The van der Waals surface area contributed by atoms with Crippen LogP contribution in [-0.2, 0) is 4.79 Å². The lowest BCUT2D eigenvalue weighted by atomic mass is 10.1. The second-order valence-corrected chi connectivity index (χ2v) is 5.21. The van der Waals surface area contributed by atoms with Crippen molar-refractivity contribution < 1.29 is 13.9 Å². The number of carbonyl (C=O) groups excluding carboxylic acids is 1. The van der Waals surface area contributed by atoms with Crippen molar-refractivity contribution in [3.63, 3.8) is 0 Å². The predicted octanol–water partition coefficient (Wildman–Crippen LogP) is 4.51. The van der Waals surface area contributed by atoms with Gasteiger partial charge < -0.3 is 10.1 Å². The zero-order chi connectivity index (χ0) is 16.8. The fourth-order valence-electron chi connectivity index (χ4n) is 2.36. The maximum atomic E-state index is 13.1. The van der Waals surface area contributed by atoms with E-state index < -0.39 is 5.82 Å². The van der Waals surface area contributed by atoms with Crippen LogP contribution in [0.25, 0.3) is 11.1 Å². The summed E-state index contributed by atoms with van der Waals surface area (Å²) in [7, 11) is 0. The maximum absolute atomic E-state index is 13.1. The summed E-state index contributed by atoms with van der Waals surface area (Å²) >= 11 is 0. The van der Waals surface area contributed by atoms with Gasteiger partial charge in [-0.3, -0.25) is 4.79 Å². The van der Waals surface area contributed by atoms with Gasteiger partial charge in [-0.15, -0.1) is 0 Å². The Bertz CT molecular complexity index is 834. The molecule has 0 heterocycles. The Labute approximate surface area is 139 Å². The molecule has 4 heteroatoms. The third-order valence-electron chi connectivity index (χ3n) is 3.44. The van der Waals surface area contributed by atoms with Gasteiger partial charge in [-0.05, 0) is 29.8 Å². The smallest absolute Gasteiger partial charge is 0.262 e. The zero-order valence-electron chi connectivity index (χ0n) is 12.9. The molecule has 0 radical (unpaired) electrons. The van der Waals surface area contributed by atoms with Crippen molar-refractivity contribution in [2.45, 2.75) is 0 Å². The van der Waals surface area contributed by atoms with E-state index in [-0.39, 0.29) is 12.5 Å². The lowest BCUT2D eigenvalue weighted by Gasteiger charge is -2.12. The monoisotopic (exact) mass is 321 g/mol. The highest BCUT2D eigenvalue weighted by Crippen LogP contribution is 2.29. The Morgan fingerprint density at radius 1 is 0.917 bits per heavy atom. The zero-order valence-corrected chi connectivity index (χ0v) is 12.9. The molecule has 0 aromatic heterocycles. The Balaban J connectivity index is 1.68. The van der Waals surface area contributed by atoms with Crippen LogP contribution in [0.3, 0.4) is 0 Å². The molecule has 3 aromatic carbocycles. The van der Waals surface area contributed by atoms with Crippen LogP contribution in [0.15, 0.2) is 78.9 Å². The molecule has 0 atom stereocenters. The summed E-state index contributed by atoms with van der Waals surface area (Å²) in [6, 6.07) is 23.1. The van der Waals surface area contributed by atoms with Crippen LogP contribution >= 0.6 is 0 Å². The highest BCUT2D eigenvalue weighted by Gasteiger charge is 2.08. The molecule has 0 saturated heterocycles. The van der Waals surface area contributed by atoms with Gasteiger partial charge in [0.05, 0.1) is 0 Å². The van der Waals surface area contributed by atoms with E-state index in [1.54, 1.807) is 6.07 Å². The first-order chi connectivity index (χ1) is 11.7. The molecule has 1 amide bonds. The number of anilines is 1. The quantitative estimate of drug-likeness (QED) is 0.751. The van der Waals surface area contributed by atoms with Crippen molar-refractivity contribution in [1.29, 1.82) is 0 Å². The molecule has 0 bridgehead atoms. The molecule has 0 aliphatic carbocycles. The van der Waals surface area contributed by atoms with Crippen LogP contribution in [0.5, 0.6) is 5.75 Å². The number of carbonyl (C=O) groups is 1. The van der Waals surface area contributed by atoms with Gasteiger partial charge in [-0.1, -0.05) is 54.6 Å². The van der Waals surface area contributed by atoms with Crippen molar-refractivity contribution in [2.24, 2.45) is 0 Å². The number of para-hydroxylation sites is 1. The van der Waals surface area contributed by atoms with E-state index in [4.69, 9.17) is 4.74 Å². The summed E-state index contributed by atoms with van der Waals surface area (Å²) in [5.74, 6) is -0.121. The first-order valence-electron chi connectivity index (χ1n) is 7.55. The number of hydrogen-bond donors (Lipinski definition) is 1. The van der Waals surface area contributed by atoms with Gasteiger partial charge in [-0.25, -0.2) is 4.39 Å². The summed E-state index contributed by atoms with van der Waals surface area (Å²) in [6.07, 6.45) is 0. The van der Waals surface area contributed by atoms with E-state index in [1.165, 1.54) is 18.2 Å². The third kappa shape index (κ3) is 3.98. The van der Waals surface area contributed by atoms with Crippen molar-refractivity contribution in [3.05, 3.63) is 84.7 Å². The van der Waals surface area contributed by atoms with Gasteiger partial charge in [0.1, 0.15) is 11.6 Å². The molecule has 24 heavy (non-hydrogen) atoms. The third-order valence-corrected chi connectivity index (χ3v) is 3.44. The van der Waals surface area contributed by atoms with Crippen LogP contribution in [0.2, 0.25) is 0 Å². The highest BCUT2D eigenvalue weighted by molar-refractivity contribution is 5.92. The van der Waals surface area contributed by atoms with Crippen LogP contribution in [0, 0.1) is 5.82 Å². The summed E-state index contributed by atoms with van der Waals surface area (Å²) in [4.78, 5) is 12.0. The van der Waals surface area contributed by atoms with Gasteiger partial charge in [0.25, 0.3) is 5.91 Å². The van der Waals surface area contributed by atoms with E-state index in [0.29, 0.717) is 11.4 Å². The molecule has 0 unspecified atom stereocenters. The van der Waals surface area contributed by atoms with Crippen LogP contribution in [-0.4, -0.2) is 12.5 Å². The molecule has 1 N–H and O–H groups in total. The average Bonchev–Trinajstić information content (AvgIpc) is 2.61. The molecular formula is C20H16FNO2. The minimum absolute atomic E-state index is 0.152. The molecule has 3 rings (SSSR count). The summed E-state index contributed by atoms with van der Waals surface area (Å²) in [5.41, 5.74) is 2.33. The SMILES string of the molecule is O=C(COc1ccccc1-c1ccccc1)Nc1cccc(F)c1. The minimum Gasteiger partial charge on any atom is -0.483 e. The molecular weight excluding hydrogens is 305 g/mol. The van der Waals surface area contributed by atoms with E-state index in [2.05, 4.69) is 5.32 Å². The predicted molar refractivity (Wildman–Crippen MR) is 92.4 cm³/mol. The number of ether oxygens (including phenoxy) is 1. The maximum Gasteiger partial charge on any atom is 0.262 e. The molecule has 0 saturated carbocycles. The molecule has 0 aliphatic heterocycles. The first kappa shape index (κ1) is 15.7. The van der Waals surface area contributed by atoms with E-state index in [9.17, 15) is 9.18 Å². The highest BCUT2D eigenvalue weighted by atomic mass is 19.1. The molecule has 0 fully saturated rings. The number of amides is 1. The van der Waals surface area contributed by atoms with Gasteiger partial charge in [0.15, 0.2) is 6.61 Å². The van der Waals surface area contributed by atoms with Crippen LogP contribution in [0.4, 0.5) is 10.1 Å². The second kappa shape index (κ2) is 7.42. The average molecular weight is 321 g/mol. The first-order valence-corrected chi connectivity index (χ1v) is 7.55. The summed E-state index contributed by atoms with van der Waals surface area (Å²) < 4.78 is 18.8. The lowest BCUT2D eigenvalue weighted by Crippen LogP contribution is -2.20. The Morgan fingerprint density at radius 3 is 2.46 bits per heavy atom. The number of hydrogen-bond acceptors (Lipinski definition) is 2. The van der Waals surface area contributed by atoms with E-state index in [1.807, 2.05) is 54.6 Å². The van der Waals surface area contributed by atoms with Crippen molar-refractivity contribution in [1.82, 2.24) is 0 Å². The molecule has 120 valence electrons. The van der Waals surface area contributed by atoms with E-state index >= 15 is 0 Å². The minimum atomic E-state index is -0.400. The number of benzene rings is 3. The van der Waals surface area contributed by atoms with Gasteiger partial charge in [0.2, 0.25) is 0 Å². The van der Waals surface area contributed by atoms with Gasteiger partial charge >= 0.3 is 0 Å². The molecule has 3 aromatic rings. The molecule has 0 aliphatic rings. The fourth-order valence-corrected chi connectivity index (χ4v) is 2.36. The van der Waals surface area contributed by atoms with Crippen molar-refractivity contribution >= 4 is 11.6 Å². The number of halogens is 1. The van der Waals surface area contributed by atoms with Crippen LogP contribution in [0.1, 0.15) is 0 Å². The number of rotatable bonds is 5. The van der Waals surface area contributed by atoms with Crippen molar-refractivity contribution in [3.8, 4) is 16.9 Å². The van der Waals surface area contributed by atoms with Gasteiger partial charge in [-0.2, -0.15) is 0 Å². The molecule has 3 nitrogen and oxygen atoms in total. The largest absolute Gasteiger partial charge is 0.483 e. The lowest BCUT2D eigenvalue weighted by molar-refractivity contribution is -0.118. The van der Waals surface area contributed by atoms with Crippen molar-refractivity contribution in [2.75, 3.05) is 11.9 Å². The normalized spacial score (nSPS) is 10.2.